The van der Waals surface area contributed by atoms with Crippen LogP contribution in [0, 0.1) is 5.92 Å². The number of aliphatic hydroxyl groups excluding tert-OH is 1. The van der Waals surface area contributed by atoms with Crippen LogP contribution in [0.15, 0.2) is 12.3 Å². The van der Waals surface area contributed by atoms with E-state index in [9.17, 15) is 9.90 Å². The Morgan fingerprint density at radius 3 is 2.88 bits per heavy atom. The van der Waals surface area contributed by atoms with Crippen LogP contribution >= 0.6 is 0 Å². The van der Waals surface area contributed by atoms with E-state index in [4.69, 9.17) is 0 Å². The molecule has 0 radical (unpaired) electrons. The average Bonchev–Trinajstić information content (AvgIpc) is 2.64. The highest BCUT2D eigenvalue weighted by Crippen LogP contribution is 2.17. The smallest absolute Gasteiger partial charge is 0.308 e. The second kappa shape index (κ2) is 5.65. The van der Waals surface area contributed by atoms with Crippen LogP contribution in [0.1, 0.15) is 32.1 Å². The summed E-state index contributed by atoms with van der Waals surface area (Å²) >= 11 is 0. The van der Waals surface area contributed by atoms with Gasteiger partial charge in [-0.15, -0.1) is 0 Å². The van der Waals surface area contributed by atoms with Gasteiger partial charge in [-0.3, -0.25) is 9.48 Å². The van der Waals surface area contributed by atoms with Crippen molar-refractivity contribution < 1.29 is 14.6 Å². The summed E-state index contributed by atoms with van der Waals surface area (Å²) in [5, 5.41) is 14.0. The number of carbonyl (C=O) groups is 1. The number of carbonyl (C=O) groups excluding carboxylic acids is 1. The van der Waals surface area contributed by atoms with E-state index in [-0.39, 0.29) is 6.42 Å². The van der Waals surface area contributed by atoms with Gasteiger partial charge < -0.3 is 9.84 Å². The molecule has 0 aliphatic rings. The summed E-state index contributed by atoms with van der Waals surface area (Å²) in [6.45, 7) is 4.86. The lowest BCUT2D eigenvalue weighted by Crippen LogP contribution is -2.15. The molecule has 1 atom stereocenters. The summed E-state index contributed by atoms with van der Waals surface area (Å²) in [7, 11) is 1.31. The molecule has 1 aromatic rings. The first-order chi connectivity index (χ1) is 7.54. The van der Waals surface area contributed by atoms with Crippen LogP contribution in [0.5, 0.6) is 0 Å². The first-order valence-electron chi connectivity index (χ1n) is 5.31. The Kier molecular flexibility index (Phi) is 4.49. The average molecular weight is 226 g/mol. The van der Waals surface area contributed by atoms with Gasteiger partial charge in [0.05, 0.1) is 19.2 Å². The van der Waals surface area contributed by atoms with E-state index >= 15 is 0 Å². The van der Waals surface area contributed by atoms with Gasteiger partial charge in [0, 0.05) is 12.7 Å². The van der Waals surface area contributed by atoms with Crippen LogP contribution in [-0.2, 0) is 16.1 Å². The molecule has 1 aromatic heterocycles. The minimum absolute atomic E-state index is 0.0414. The summed E-state index contributed by atoms with van der Waals surface area (Å²) in [6.07, 6.45) is 0.729. The molecule has 5 heteroatoms. The first-order valence-corrected chi connectivity index (χ1v) is 5.31. The number of ether oxygens (including phenoxy) is 1. The fourth-order valence-corrected chi connectivity index (χ4v) is 1.47. The van der Waals surface area contributed by atoms with Gasteiger partial charge in [0.1, 0.15) is 6.10 Å². The highest BCUT2D eigenvalue weighted by Gasteiger charge is 2.17. The second-order valence-corrected chi connectivity index (χ2v) is 4.13. The molecule has 0 bridgehead atoms. The highest BCUT2D eigenvalue weighted by atomic mass is 16.5. The molecule has 0 saturated carbocycles. The summed E-state index contributed by atoms with van der Waals surface area (Å²) in [5.41, 5.74) is 0.652. The number of methoxy groups -OCH3 is 1. The van der Waals surface area contributed by atoms with Crippen molar-refractivity contribution in [2.75, 3.05) is 7.11 Å². The number of aromatic nitrogens is 2. The standard InChI is InChI=1S/C11H18N2O3/c1-8(2)7-13-9(4-5-12-13)10(14)6-11(15)16-3/h4-5,8,10,14H,6-7H2,1-3H3. The zero-order valence-electron chi connectivity index (χ0n) is 9.88. The van der Waals surface area contributed by atoms with Gasteiger partial charge in [-0.25, -0.2) is 0 Å². The number of aliphatic hydroxyl groups is 1. The highest BCUT2D eigenvalue weighted by molar-refractivity contribution is 5.69. The van der Waals surface area contributed by atoms with Crippen LogP contribution in [0.25, 0.3) is 0 Å². The maximum absolute atomic E-state index is 11.0. The number of nitrogens with zero attached hydrogens (tertiary/aromatic N) is 2. The van der Waals surface area contributed by atoms with Crippen LogP contribution in [-0.4, -0.2) is 28.0 Å². The maximum Gasteiger partial charge on any atom is 0.308 e. The number of esters is 1. The summed E-state index contributed by atoms with van der Waals surface area (Å²) in [5.74, 6) is 0.00812. The third kappa shape index (κ3) is 3.34. The van der Waals surface area contributed by atoms with Crippen molar-refractivity contribution in [1.29, 1.82) is 0 Å². The zero-order valence-corrected chi connectivity index (χ0v) is 9.88. The van der Waals surface area contributed by atoms with Crippen LogP contribution in [0.3, 0.4) is 0 Å². The lowest BCUT2D eigenvalue weighted by Gasteiger charge is -2.13. The monoisotopic (exact) mass is 226 g/mol. The molecule has 1 unspecified atom stereocenters. The Morgan fingerprint density at radius 1 is 1.62 bits per heavy atom. The second-order valence-electron chi connectivity index (χ2n) is 4.13. The normalized spacial score (nSPS) is 12.8. The van der Waals surface area contributed by atoms with E-state index in [2.05, 4.69) is 23.7 Å². The van der Waals surface area contributed by atoms with E-state index in [0.29, 0.717) is 11.6 Å². The molecule has 5 nitrogen and oxygen atoms in total. The van der Waals surface area contributed by atoms with Crippen LogP contribution in [0.4, 0.5) is 0 Å². The summed E-state index contributed by atoms with van der Waals surface area (Å²) in [4.78, 5) is 11.0. The third-order valence-corrected chi connectivity index (χ3v) is 2.22. The summed E-state index contributed by atoms with van der Waals surface area (Å²) in [6, 6.07) is 1.72. The Balaban J connectivity index is 2.71. The van der Waals surface area contributed by atoms with Gasteiger partial charge in [-0.2, -0.15) is 5.10 Å². The number of rotatable bonds is 5. The topological polar surface area (TPSA) is 64.3 Å². The van der Waals surface area contributed by atoms with Gasteiger partial charge in [0.2, 0.25) is 0 Å². The molecule has 0 spiro atoms. The van der Waals surface area contributed by atoms with E-state index in [0.717, 1.165) is 6.54 Å². The van der Waals surface area contributed by atoms with Crippen molar-refractivity contribution >= 4 is 5.97 Å². The van der Waals surface area contributed by atoms with Crippen molar-refractivity contribution in [3.05, 3.63) is 18.0 Å². The van der Waals surface area contributed by atoms with Gasteiger partial charge in [-0.05, 0) is 12.0 Å². The van der Waals surface area contributed by atoms with Crippen molar-refractivity contribution in [3.63, 3.8) is 0 Å². The molecule has 0 saturated heterocycles. The van der Waals surface area contributed by atoms with E-state index in [1.807, 2.05) is 0 Å². The lowest BCUT2D eigenvalue weighted by atomic mass is 10.1. The Hall–Kier alpha value is -1.36. The Labute approximate surface area is 95.0 Å². The maximum atomic E-state index is 11.0. The van der Waals surface area contributed by atoms with Crippen molar-refractivity contribution in [2.45, 2.75) is 32.9 Å². The molecule has 0 amide bonds. The van der Waals surface area contributed by atoms with Gasteiger partial charge in [-0.1, -0.05) is 13.8 Å². The van der Waals surface area contributed by atoms with Crippen molar-refractivity contribution in [1.82, 2.24) is 9.78 Å². The van der Waals surface area contributed by atoms with Crippen molar-refractivity contribution in [2.24, 2.45) is 5.92 Å². The Morgan fingerprint density at radius 2 is 2.31 bits per heavy atom. The van der Waals surface area contributed by atoms with Gasteiger partial charge in [0.25, 0.3) is 0 Å². The molecule has 0 fully saturated rings. The number of hydrogen-bond acceptors (Lipinski definition) is 4. The molecule has 16 heavy (non-hydrogen) atoms. The Bertz CT molecular complexity index is 347. The predicted octanol–water partition coefficient (Wildman–Crippen LogP) is 1.14. The molecule has 1 heterocycles. The predicted molar refractivity (Wildman–Crippen MR) is 58.7 cm³/mol. The minimum Gasteiger partial charge on any atom is -0.469 e. The summed E-state index contributed by atoms with van der Waals surface area (Å²) < 4.78 is 6.23. The first kappa shape index (κ1) is 12.7. The molecule has 1 N–H and O–H groups in total. The molecular weight excluding hydrogens is 208 g/mol. The minimum atomic E-state index is -0.853. The zero-order chi connectivity index (χ0) is 12.1. The molecular formula is C11H18N2O3. The molecule has 0 aliphatic carbocycles. The third-order valence-electron chi connectivity index (χ3n) is 2.22. The van der Waals surface area contributed by atoms with Gasteiger partial charge >= 0.3 is 5.97 Å². The number of hydrogen-bond donors (Lipinski definition) is 1. The van der Waals surface area contributed by atoms with Gasteiger partial charge in [0.15, 0.2) is 0 Å². The molecule has 90 valence electrons. The molecule has 0 aromatic carbocycles. The molecule has 0 aliphatic heterocycles. The lowest BCUT2D eigenvalue weighted by molar-refractivity contribution is -0.143. The van der Waals surface area contributed by atoms with Crippen LogP contribution < -0.4 is 0 Å². The fraction of sp³-hybridized carbons (Fsp3) is 0.636. The quantitative estimate of drug-likeness (QED) is 0.764. The van der Waals surface area contributed by atoms with E-state index in [1.54, 1.807) is 16.9 Å². The fourth-order valence-electron chi connectivity index (χ4n) is 1.47. The van der Waals surface area contributed by atoms with Crippen molar-refractivity contribution in [3.8, 4) is 0 Å². The van der Waals surface area contributed by atoms with E-state index < -0.39 is 12.1 Å². The SMILES string of the molecule is COC(=O)CC(O)c1ccnn1CC(C)C. The van der Waals surface area contributed by atoms with Crippen LogP contribution in [0.2, 0.25) is 0 Å². The van der Waals surface area contributed by atoms with E-state index in [1.165, 1.54) is 7.11 Å². The largest absolute Gasteiger partial charge is 0.469 e. The molecule has 1 rings (SSSR count).